The molecule has 0 radical (unpaired) electrons. The zero-order chi connectivity index (χ0) is 17.6. The highest BCUT2D eigenvalue weighted by atomic mass is 32.2. The summed E-state index contributed by atoms with van der Waals surface area (Å²) in [5.74, 6) is 1.13. The number of fused-ring (bicyclic) bond motifs is 1. The van der Waals surface area contributed by atoms with Gasteiger partial charge in [-0.1, -0.05) is 23.0 Å². The van der Waals surface area contributed by atoms with Crippen LogP contribution in [0.1, 0.15) is 23.9 Å². The van der Waals surface area contributed by atoms with Crippen molar-refractivity contribution in [3.63, 3.8) is 0 Å². The lowest BCUT2D eigenvalue weighted by Crippen LogP contribution is -2.19. The van der Waals surface area contributed by atoms with E-state index >= 15 is 0 Å². The van der Waals surface area contributed by atoms with Gasteiger partial charge in [0.05, 0.1) is 10.6 Å². The maximum absolute atomic E-state index is 12.9. The number of thiophene rings is 2. The zero-order valence-corrected chi connectivity index (χ0v) is 16.2. The molecule has 0 aliphatic heterocycles. The number of hydrogen-bond donors (Lipinski definition) is 0. The Balaban J connectivity index is 1.76. The van der Waals surface area contributed by atoms with Crippen molar-refractivity contribution in [2.45, 2.75) is 24.3 Å². The second kappa shape index (κ2) is 6.40. The summed E-state index contributed by atoms with van der Waals surface area (Å²) in [7, 11) is 1.75. The minimum atomic E-state index is -0.0894. The quantitative estimate of drug-likeness (QED) is 0.383. The summed E-state index contributed by atoms with van der Waals surface area (Å²) in [4.78, 5) is 23.7. The first kappa shape index (κ1) is 16.5. The van der Waals surface area contributed by atoms with E-state index in [-0.39, 0.29) is 10.8 Å². The van der Waals surface area contributed by atoms with Gasteiger partial charge in [-0.15, -0.1) is 22.7 Å². The third kappa shape index (κ3) is 2.92. The fraction of sp³-hybridized carbons (Fsp3) is 0.250. The van der Waals surface area contributed by atoms with E-state index in [2.05, 4.69) is 10.1 Å². The molecule has 25 heavy (non-hydrogen) atoms. The number of nitrogens with zero attached hydrogens (tertiary/aromatic N) is 4. The molecule has 4 rings (SSSR count). The third-order valence-corrected chi connectivity index (χ3v) is 6.64. The van der Waals surface area contributed by atoms with Crippen molar-refractivity contribution in [1.82, 2.24) is 19.7 Å². The van der Waals surface area contributed by atoms with Crippen LogP contribution in [-0.2, 0) is 7.05 Å². The van der Waals surface area contributed by atoms with Crippen LogP contribution >= 0.6 is 34.4 Å². The van der Waals surface area contributed by atoms with Gasteiger partial charge in [0.15, 0.2) is 11.0 Å². The van der Waals surface area contributed by atoms with Gasteiger partial charge in [0.2, 0.25) is 5.89 Å². The van der Waals surface area contributed by atoms with E-state index in [9.17, 15) is 4.79 Å². The molecular weight excluding hydrogens is 376 g/mol. The van der Waals surface area contributed by atoms with Crippen LogP contribution in [0, 0.1) is 6.92 Å². The molecule has 4 aromatic rings. The molecule has 0 spiro atoms. The normalized spacial score (nSPS) is 12.8. The summed E-state index contributed by atoms with van der Waals surface area (Å²) in [6, 6.07) is 4.01. The van der Waals surface area contributed by atoms with Crippen molar-refractivity contribution in [3.05, 3.63) is 45.0 Å². The Labute approximate surface area is 155 Å². The average Bonchev–Trinajstić information content (AvgIpc) is 3.31. The van der Waals surface area contributed by atoms with Crippen LogP contribution in [-0.4, -0.2) is 19.7 Å². The largest absolute Gasteiger partial charge is 0.338 e. The minimum Gasteiger partial charge on any atom is -0.338 e. The highest BCUT2D eigenvalue weighted by Gasteiger charge is 2.20. The van der Waals surface area contributed by atoms with Crippen molar-refractivity contribution in [2.24, 2.45) is 7.05 Å². The van der Waals surface area contributed by atoms with Gasteiger partial charge in [0.1, 0.15) is 4.83 Å². The van der Waals surface area contributed by atoms with E-state index in [0.717, 1.165) is 15.3 Å². The summed E-state index contributed by atoms with van der Waals surface area (Å²) in [5.41, 5.74) is 0.922. The lowest BCUT2D eigenvalue weighted by Gasteiger charge is -2.10. The Morgan fingerprint density at radius 2 is 2.16 bits per heavy atom. The maximum Gasteiger partial charge on any atom is 0.263 e. The molecule has 0 aromatic carbocycles. The Hall–Kier alpha value is -1.97. The minimum absolute atomic E-state index is 0.0361. The third-order valence-electron chi connectivity index (χ3n) is 3.73. The van der Waals surface area contributed by atoms with Gasteiger partial charge in [-0.05, 0) is 25.3 Å². The summed E-state index contributed by atoms with van der Waals surface area (Å²) in [6.45, 7) is 3.74. The van der Waals surface area contributed by atoms with Crippen LogP contribution in [0.15, 0.2) is 37.4 Å². The second-order valence-corrected chi connectivity index (χ2v) is 8.62. The number of aryl methyl sites for hydroxylation is 1. The lowest BCUT2D eigenvalue weighted by atomic mass is 10.2. The number of thioether (sulfide) groups is 1. The van der Waals surface area contributed by atoms with Crippen LogP contribution in [0.25, 0.3) is 20.7 Å². The predicted octanol–water partition coefficient (Wildman–Crippen LogP) is 4.27. The van der Waals surface area contributed by atoms with Gasteiger partial charge in [0.25, 0.3) is 5.56 Å². The van der Waals surface area contributed by atoms with Crippen LogP contribution in [0.3, 0.4) is 0 Å². The zero-order valence-electron chi connectivity index (χ0n) is 13.7. The van der Waals surface area contributed by atoms with Crippen LogP contribution in [0.5, 0.6) is 0 Å². The Bertz CT molecular complexity index is 1090. The molecule has 1 unspecified atom stereocenters. The Morgan fingerprint density at radius 3 is 2.84 bits per heavy atom. The first-order valence-electron chi connectivity index (χ1n) is 7.53. The van der Waals surface area contributed by atoms with E-state index in [1.165, 1.54) is 23.1 Å². The molecule has 0 aliphatic carbocycles. The van der Waals surface area contributed by atoms with Crippen molar-refractivity contribution in [3.8, 4) is 10.4 Å². The van der Waals surface area contributed by atoms with Gasteiger partial charge >= 0.3 is 0 Å². The molecule has 0 aliphatic rings. The molecule has 1 atom stereocenters. The molecule has 0 saturated heterocycles. The molecule has 6 nitrogen and oxygen atoms in total. The summed E-state index contributed by atoms with van der Waals surface area (Å²) in [6.07, 6.45) is 0. The fourth-order valence-electron chi connectivity index (χ4n) is 2.46. The fourth-order valence-corrected chi connectivity index (χ4v) is 5.17. The highest BCUT2D eigenvalue weighted by Crippen LogP contribution is 2.36. The molecule has 128 valence electrons. The maximum atomic E-state index is 12.9. The van der Waals surface area contributed by atoms with Crippen LogP contribution < -0.4 is 5.56 Å². The first-order valence-corrected chi connectivity index (χ1v) is 10.2. The van der Waals surface area contributed by atoms with Crippen molar-refractivity contribution in [2.75, 3.05) is 0 Å². The molecule has 4 aromatic heterocycles. The molecule has 4 heterocycles. The number of aromatic nitrogens is 4. The smallest absolute Gasteiger partial charge is 0.263 e. The van der Waals surface area contributed by atoms with Crippen molar-refractivity contribution < 1.29 is 4.52 Å². The number of rotatable bonds is 4. The Kier molecular flexibility index (Phi) is 4.22. The molecule has 9 heteroatoms. The summed E-state index contributed by atoms with van der Waals surface area (Å²) >= 11 is 4.55. The van der Waals surface area contributed by atoms with Gasteiger partial charge in [-0.3, -0.25) is 9.36 Å². The van der Waals surface area contributed by atoms with E-state index < -0.39 is 0 Å². The predicted molar refractivity (Wildman–Crippen MR) is 101 cm³/mol. The molecule has 0 bridgehead atoms. The van der Waals surface area contributed by atoms with Gasteiger partial charge in [-0.25, -0.2) is 4.98 Å². The van der Waals surface area contributed by atoms with Crippen LogP contribution in [0.2, 0.25) is 0 Å². The van der Waals surface area contributed by atoms with Gasteiger partial charge in [0, 0.05) is 22.9 Å². The van der Waals surface area contributed by atoms with Crippen LogP contribution in [0.4, 0.5) is 0 Å². The van der Waals surface area contributed by atoms with Crippen molar-refractivity contribution in [1.29, 1.82) is 0 Å². The molecule has 0 saturated carbocycles. The standard InChI is InChI=1S/C16H14N4O2S3/c1-8(13-17-9(2)19-22-13)25-16-18-14-12(15(21)20(16)3)10(7-24-14)11-5-4-6-23-11/h4-8H,1-3H3. The number of hydrogen-bond acceptors (Lipinski definition) is 8. The van der Waals surface area contributed by atoms with E-state index in [4.69, 9.17) is 9.51 Å². The highest BCUT2D eigenvalue weighted by molar-refractivity contribution is 7.99. The first-order chi connectivity index (χ1) is 12.0. The second-order valence-electron chi connectivity index (χ2n) is 5.51. The van der Waals surface area contributed by atoms with Gasteiger partial charge in [-0.2, -0.15) is 4.98 Å². The molecule has 0 amide bonds. The monoisotopic (exact) mass is 390 g/mol. The average molecular weight is 391 g/mol. The molecule has 0 fully saturated rings. The van der Waals surface area contributed by atoms with E-state index in [0.29, 0.717) is 22.3 Å². The summed E-state index contributed by atoms with van der Waals surface area (Å²) < 4.78 is 6.81. The van der Waals surface area contributed by atoms with E-state index in [1.54, 1.807) is 29.9 Å². The lowest BCUT2D eigenvalue weighted by molar-refractivity contribution is 0.376. The molecular formula is C16H14N4O2S3. The van der Waals surface area contributed by atoms with E-state index in [1.807, 2.05) is 29.8 Å². The summed E-state index contributed by atoms with van der Waals surface area (Å²) in [5, 5.41) is 9.06. The van der Waals surface area contributed by atoms with Gasteiger partial charge < -0.3 is 4.52 Å². The topological polar surface area (TPSA) is 73.8 Å². The van der Waals surface area contributed by atoms with Crippen molar-refractivity contribution >= 4 is 44.7 Å². The Morgan fingerprint density at radius 1 is 1.32 bits per heavy atom. The SMILES string of the molecule is Cc1noc(C(C)Sc2nc3scc(-c4cccs4)c3c(=O)n2C)n1. The molecule has 0 N–H and O–H groups in total.